The molecule has 0 amide bonds. The van der Waals surface area contributed by atoms with Gasteiger partial charge in [0.15, 0.2) is 0 Å². The summed E-state index contributed by atoms with van der Waals surface area (Å²) < 4.78 is 0. The molecule has 0 bridgehead atoms. The highest BCUT2D eigenvalue weighted by molar-refractivity contribution is 5.26. The van der Waals surface area contributed by atoms with Crippen LogP contribution in [0, 0.1) is 12.8 Å². The second kappa shape index (κ2) is 3.51. The third-order valence-corrected chi connectivity index (χ3v) is 3.12. The van der Waals surface area contributed by atoms with Crippen molar-refractivity contribution in [1.29, 1.82) is 0 Å². The predicted octanol–water partition coefficient (Wildman–Crippen LogP) is 2.45. The molecular formula is C12H17N. The second-order valence-electron chi connectivity index (χ2n) is 4.18. The van der Waals surface area contributed by atoms with E-state index in [-0.39, 0.29) is 0 Å². The van der Waals surface area contributed by atoms with Gasteiger partial charge in [-0.3, -0.25) is 0 Å². The molecule has 70 valence electrons. The lowest BCUT2D eigenvalue weighted by Gasteiger charge is -2.34. The first-order valence-electron chi connectivity index (χ1n) is 5.06. The van der Waals surface area contributed by atoms with Crippen molar-refractivity contribution in [2.24, 2.45) is 11.7 Å². The van der Waals surface area contributed by atoms with Gasteiger partial charge in [0.1, 0.15) is 0 Å². The van der Waals surface area contributed by atoms with Crippen LogP contribution in [0.1, 0.15) is 29.9 Å². The minimum absolute atomic E-state index is 0.784. The fourth-order valence-electron chi connectivity index (χ4n) is 2.04. The summed E-state index contributed by atoms with van der Waals surface area (Å²) in [4.78, 5) is 0. The van der Waals surface area contributed by atoms with E-state index in [0.29, 0.717) is 0 Å². The Morgan fingerprint density at radius 2 is 1.85 bits per heavy atom. The lowest BCUT2D eigenvalue weighted by atomic mass is 9.71. The highest BCUT2D eigenvalue weighted by Gasteiger charge is 2.28. The molecule has 0 aliphatic heterocycles. The van der Waals surface area contributed by atoms with E-state index in [1.54, 1.807) is 0 Å². The van der Waals surface area contributed by atoms with E-state index in [1.165, 1.54) is 24.0 Å². The van der Waals surface area contributed by atoms with Gasteiger partial charge in [0.05, 0.1) is 0 Å². The maximum absolute atomic E-state index is 5.60. The third kappa shape index (κ3) is 1.75. The normalized spacial score (nSPS) is 26.9. The Kier molecular flexibility index (Phi) is 2.36. The summed E-state index contributed by atoms with van der Waals surface area (Å²) in [6.45, 7) is 3.00. The van der Waals surface area contributed by atoms with Gasteiger partial charge in [0, 0.05) is 0 Å². The van der Waals surface area contributed by atoms with Gasteiger partial charge in [-0.1, -0.05) is 29.8 Å². The first kappa shape index (κ1) is 8.76. The van der Waals surface area contributed by atoms with Gasteiger partial charge in [0.25, 0.3) is 0 Å². The molecule has 1 saturated carbocycles. The van der Waals surface area contributed by atoms with E-state index in [9.17, 15) is 0 Å². The molecule has 13 heavy (non-hydrogen) atoms. The van der Waals surface area contributed by atoms with Gasteiger partial charge in [-0.05, 0) is 43.7 Å². The van der Waals surface area contributed by atoms with E-state index in [4.69, 9.17) is 5.73 Å². The Balaban J connectivity index is 1.99. The zero-order valence-corrected chi connectivity index (χ0v) is 8.16. The van der Waals surface area contributed by atoms with Crippen molar-refractivity contribution in [1.82, 2.24) is 0 Å². The second-order valence-corrected chi connectivity index (χ2v) is 4.18. The maximum atomic E-state index is 5.60. The fourth-order valence-corrected chi connectivity index (χ4v) is 2.04. The van der Waals surface area contributed by atoms with E-state index in [1.807, 2.05) is 0 Å². The number of hydrogen-bond acceptors (Lipinski definition) is 1. The predicted molar refractivity (Wildman–Crippen MR) is 55.7 cm³/mol. The van der Waals surface area contributed by atoms with E-state index < -0.39 is 0 Å². The Labute approximate surface area is 80.0 Å². The van der Waals surface area contributed by atoms with Crippen LogP contribution in [0.3, 0.4) is 0 Å². The van der Waals surface area contributed by atoms with Gasteiger partial charge in [-0.2, -0.15) is 0 Å². The summed E-state index contributed by atoms with van der Waals surface area (Å²) in [5.74, 6) is 1.57. The Morgan fingerprint density at radius 3 is 2.38 bits per heavy atom. The minimum Gasteiger partial charge on any atom is -0.330 e. The van der Waals surface area contributed by atoms with Crippen LogP contribution >= 0.6 is 0 Å². The van der Waals surface area contributed by atoms with Gasteiger partial charge < -0.3 is 5.73 Å². The van der Waals surface area contributed by atoms with Crippen molar-refractivity contribution in [2.45, 2.75) is 25.7 Å². The number of hydrogen-bond donors (Lipinski definition) is 1. The van der Waals surface area contributed by atoms with E-state index in [2.05, 4.69) is 31.2 Å². The number of nitrogens with two attached hydrogens (primary N) is 1. The van der Waals surface area contributed by atoms with Crippen molar-refractivity contribution >= 4 is 0 Å². The first-order chi connectivity index (χ1) is 6.29. The smallest absolute Gasteiger partial charge is 0.00484 e. The summed E-state index contributed by atoms with van der Waals surface area (Å²) in [5, 5.41) is 0. The lowest BCUT2D eigenvalue weighted by molar-refractivity contribution is 0.272. The molecule has 1 heteroatoms. The summed E-state index contributed by atoms with van der Waals surface area (Å²) in [6.07, 6.45) is 2.58. The molecule has 1 aromatic carbocycles. The van der Waals surface area contributed by atoms with Crippen LogP contribution in [0.15, 0.2) is 24.3 Å². The van der Waals surface area contributed by atoms with E-state index in [0.717, 1.165) is 18.4 Å². The summed E-state index contributed by atoms with van der Waals surface area (Å²) >= 11 is 0. The monoisotopic (exact) mass is 175 g/mol. The van der Waals surface area contributed by atoms with Crippen LogP contribution in [0.25, 0.3) is 0 Å². The summed E-state index contributed by atoms with van der Waals surface area (Å²) in [7, 11) is 0. The molecular weight excluding hydrogens is 158 g/mol. The summed E-state index contributed by atoms with van der Waals surface area (Å²) in [5.41, 5.74) is 8.44. The zero-order chi connectivity index (χ0) is 9.26. The lowest BCUT2D eigenvalue weighted by Crippen LogP contribution is -2.28. The molecule has 0 saturated heterocycles. The zero-order valence-electron chi connectivity index (χ0n) is 8.16. The van der Waals surface area contributed by atoms with Gasteiger partial charge in [0.2, 0.25) is 0 Å². The van der Waals surface area contributed by atoms with Crippen LogP contribution in [0.4, 0.5) is 0 Å². The van der Waals surface area contributed by atoms with Gasteiger partial charge >= 0.3 is 0 Å². The first-order valence-corrected chi connectivity index (χ1v) is 5.06. The van der Waals surface area contributed by atoms with Crippen LogP contribution in [0.2, 0.25) is 0 Å². The van der Waals surface area contributed by atoms with Crippen molar-refractivity contribution < 1.29 is 0 Å². The largest absolute Gasteiger partial charge is 0.330 e. The van der Waals surface area contributed by atoms with Crippen LogP contribution in [-0.4, -0.2) is 6.54 Å². The molecule has 0 spiro atoms. The molecule has 0 radical (unpaired) electrons. The fraction of sp³-hybridized carbons (Fsp3) is 0.500. The molecule has 2 rings (SSSR count). The average Bonchev–Trinajstić information content (AvgIpc) is 2.06. The molecule has 1 aliphatic rings. The molecule has 2 N–H and O–H groups in total. The molecule has 1 aromatic rings. The molecule has 1 aliphatic carbocycles. The van der Waals surface area contributed by atoms with Crippen molar-refractivity contribution in [3.63, 3.8) is 0 Å². The molecule has 1 nitrogen and oxygen atoms in total. The maximum Gasteiger partial charge on any atom is -0.00484 e. The van der Waals surface area contributed by atoms with Crippen LogP contribution in [-0.2, 0) is 0 Å². The molecule has 0 heterocycles. The number of aryl methyl sites for hydroxylation is 1. The van der Waals surface area contributed by atoms with Gasteiger partial charge in [-0.15, -0.1) is 0 Å². The van der Waals surface area contributed by atoms with Gasteiger partial charge in [-0.25, -0.2) is 0 Å². The quantitative estimate of drug-likeness (QED) is 0.734. The van der Waals surface area contributed by atoms with E-state index >= 15 is 0 Å². The SMILES string of the molecule is Cc1ccc(C2CC(CN)C2)cc1. The van der Waals surface area contributed by atoms with Crippen molar-refractivity contribution in [2.75, 3.05) is 6.54 Å². The third-order valence-electron chi connectivity index (χ3n) is 3.12. The standard InChI is InChI=1S/C12H17N/c1-9-2-4-11(5-3-9)12-6-10(7-12)8-13/h2-5,10,12H,6-8,13H2,1H3. The van der Waals surface area contributed by atoms with Crippen molar-refractivity contribution in [3.8, 4) is 0 Å². The van der Waals surface area contributed by atoms with Crippen LogP contribution in [0.5, 0.6) is 0 Å². The summed E-state index contributed by atoms with van der Waals surface area (Å²) in [6, 6.07) is 8.91. The van der Waals surface area contributed by atoms with Crippen LogP contribution < -0.4 is 5.73 Å². The molecule has 0 aromatic heterocycles. The average molecular weight is 175 g/mol. The highest BCUT2D eigenvalue weighted by atomic mass is 14.6. The molecule has 1 fully saturated rings. The molecule has 0 unspecified atom stereocenters. The topological polar surface area (TPSA) is 26.0 Å². The Hall–Kier alpha value is -0.820. The Bertz CT molecular complexity index is 270. The Morgan fingerprint density at radius 1 is 1.23 bits per heavy atom. The number of rotatable bonds is 2. The minimum atomic E-state index is 0.784. The molecule has 0 atom stereocenters. The highest BCUT2D eigenvalue weighted by Crippen LogP contribution is 2.40. The number of benzene rings is 1. The van der Waals surface area contributed by atoms with Crippen molar-refractivity contribution in [3.05, 3.63) is 35.4 Å².